The molecular weight excluding hydrogens is 338 g/mol. The first kappa shape index (κ1) is 17.5. The highest BCUT2D eigenvalue weighted by Gasteiger charge is 2.25. The van der Waals surface area contributed by atoms with Gasteiger partial charge in [0.2, 0.25) is 0 Å². The lowest BCUT2D eigenvalue weighted by Crippen LogP contribution is -3.13. The number of amides is 1. The van der Waals surface area contributed by atoms with E-state index in [9.17, 15) is 4.79 Å². The fourth-order valence-corrected chi connectivity index (χ4v) is 3.58. The van der Waals surface area contributed by atoms with Crippen molar-refractivity contribution < 1.29 is 14.4 Å². The normalized spacial score (nSPS) is 15.1. The molecule has 1 N–H and O–H groups in total. The Labute approximate surface area is 159 Å². The monoisotopic (exact) mass is 362 g/mol. The summed E-state index contributed by atoms with van der Waals surface area (Å²) in [6, 6.07) is 19.9. The van der Waals surface area contributed by atoms with Crippen LogP contribution in [0.15, 0.2) is 60.7 Å². The van der Waals surface area contributed by atoms with Crippen LogP contribution in [0.25, 0.3) is 10.9 Å². The predicted octanol–water partition coefficient (Wildman–Crippen LogP) is 1.78. The Kier molecular flexibility index (Phi) is 5.03. The standard InChI is InChI=1S/C22H23N3O2/c1-27-19-9-6-17(7-10-19)16-24-12-14-25(15-13-24)22(26)21-11-8-18-4-2-3-5-20(18)23-21/h2-11H,12-16H2,1H3/p+1. The average Bonchev–Trinajstić information content (AvgIpc) is 2.74. The zero-order valence-electron chi connectivity index (χ0n) is 15.5. The molecule has 0 radical (unpaired) electrons. The second kappa shape index (κ2) is 7.76. The van der Waals surface area contributed by atoms with Crippen LogP contribution < -0.4 is 9.64 Å². The molecule has 0 spiro atoms. The van der Waals surface area contributed by atoms with E-state index in [1.165, 1.54) is 10.5 Å². The van der Waals surface area contributed by atoms with Gasteiger partial charge in [-0.25, -0.2) is 4.98 Å². The SMILES string of the molecule is COc1ccc(C[NH+]2CCN(C(=O)c3ccc4ccccc4n3)CC2)cc1. The number of ether oxygens (including phenoxy) is 1. The van der Waals surface area contributed by atoms with Gasteiger partial charge in [-0.05, 0) is 36.4 Å². The zero-order valence-corrected chi connectivity index (χ0v) is 15.5. The van der Waals surface area contributed by atoms with Gasteiger partial charge in [0.05, 0.1) is 38.8 Å². The number of pyridine rings is 1. The van der Waals surface area contributed by atoms with E-state index in [1.807, 2.05) is 53.4 Å². The third-order valence-corrected chi connectivity index (χ3v) is 5.19. The number of piperazine rings is 1. The van der Waals surface area contributed by atoms with Crippen LogP contribution in [0.3, 0.4) is 0 Å². The maximum Gasteiger partial charge on any atom is 0.272 e. The Hall–Kier alpha value is -2.92. The number of benzene rings is 2. The lowest BCUT2D eigenvalue weighted by molar-refractivity contribution is -0.917. The first-order chi connectivity index (χ1) is 13.2. The zero-order chi connectivity index (χ0) is 18.6. The number of nitrogens with one attached hydrogen (secondary N) is 1. The summed E-state index contributed by atoms with van der Waals surface area (Å²) >= 11 is 0. The molecule has 1 aliphatic heterocycles. The van der Waals surface area contributed by atoms with E-state index in [4.69, 9.17) is 4.74 Å². The molecule has 5 heteroatoms. The van der Waals surface area contributed by atoms with Crippen LogP contribution in [0.5, 0.6) is 5.75 Å². The number of aromatic nitrogens is 1. The summed E-state index contributed by atoms with van der Waals surface area (Å²) in [4.78, 5) is 20.8. The van der Waals surface area contributed by atoms with Gasteiger partial charge in [0.25, 0.3) is 5.91 Å². The van der Waals surface area contributed by atoms with E-state index in [1.54, 1.807) is 7.11 Å². The summed E-state index contributed by atoms with van der Waals surface area (Å²) < 4.78 is 5.21. The predicted molar refractivity (Wildman–Crippen MR) is 105 cm³/mol. The molecule has 0 atom stereocenters. The van der Waals surface area contributed by atoms with Crippen LogP contribution in [0.2, 0.25) is 0 Å². The minimum Gasteiger partial charge on any atom is -0.497 e. The van der Waals surface area contributed by atoms with Gasteiger partial charge >= 0.3 is 0 Å². The maximum atomic E-state index is 12.8. The van der Waals surface area contributed by atoms with Gasteiger partial charge in [-0.2, -0.15) is 0 Å². The van der Waals surface area contributed by atoms with Crippen molar-refractivity contribution in [1.29, 1.82) is 0 Å². The Morgan fingerprint density at radius 2 is 1.78 bits per heavy atom. The number of quaternary nitrogens is 1. The Morgan fingerprint density at radius 1 is 1.04 bits per heavy atom. The Balaban J connectivity index is 1.36. The number of hydrogen-bond donors (Lipinski definition) is 1. The molecule has 0 aliphatic carbocycles. The number of rotatable bonds is 4. The molecule has 1 amide bonds. The fraction of sp³-hybridized carbons (Fsp3) is 0.273. The summed E-state index contributed by atoms with van der Waals surface area (Å²) in [6.45, 7) is 4.40. The summed E-state index contributed by atoms with van der Waals surface area (Å²) in [5.74, 6) is 0.913. The number of carbonyl (C=O) groups excluding carboxylic acids is 1. The molecular formula is C22H24N3O2+. The van der Waals surface area contributed by atoms with Crippen molar-refractivity contribution in [2.24, 2.45) is 0 Å². The van der Waals surface area contributed by atoms with Crippen molar-refractivity contribution in [3.05, 3.63) is 71.9 Å². The molecule has 1 aromatic heterocycles. The topological polar surface area (TPSA) is 46.9 Å². The first-order valence-electron chi connectivity index (χ1n) is 9.34. The summed E-state index contributed by atoms with van der Waals surface area (Å²) in [6.07, 6.45) is 0. The minimum absolute atomic E-state index is 0.0317. The molecule has 0 bridgehead atoms. The molecule has 0 saturated carbocycles. The largest absolute Gasteiger partial charge is 0.497 e. The van der Waals surface area contributed by atoms with Gasteiger partial charge < -0.3 is 14.5 Å². The van der Waals surface area contributed by atoms with Crippen molar-refractivity contribution in [3.8, 4) is 5.75 Å². The third-order valence-electron chi connectivity index (χ3n) is 5.19. The molecule has 1 aliphatic rings. The highest BCUT2D eigenvalue weighted by Crippen LogP contribution is 2.13. The minimum atomic E-state index is 0.0317. The van der Waals surface area contributed by atoms with E-state index >= 15 is 0 Å². The van der Waals surface area contributed by atoms with E-state index in [-0.39, 0.29) is 5.91 Å². The van der Waals surface area contributed by atoms with Gasteiger partial charge in [0, 0.05) is 10.9 Å². The second-order valence-corrected chi connectivity index (χ2v) is 6.96. The van der Waals surface area contributed by atoms with Gasteiger partial charge in [-0.15, -0.1) is 0 Å². The third kappa shape index (κ3) is 3.93. The molecule has 138 valence electrons. The lowest BCUT2D eigenvalue weighted by Gasteiger charge is -2.32. The van der Waals surface area contributed by atoms with E-state index < -0.39 is 0 Å². The fourth-order valence-electron chi connectivity index (χ4n) is 3.58. The van der Waals surface area contributed by atoms with Crippen LogP contribution in [0, 0.1) is 0 Å². The van der Waals surface area contributed by atoms with Crippen LogP contribution in [0.1, 0.15) is 16.1 Å². The molecule has 1 fully saturated rings. The summed E-state index contributed by atoms with van der Waals surface area (Å²) in [5, 5.41) is 1.06. The quantitative estimate of drug-likeness (QED) is 0.770. The molecule has 27 heavy (non-hydrogen) atoms. The highest BCUT2D eigenvalue weighted by atomic mass is 16.5. The lowest BCUT2D eigenvalue weighted by atomic mass is 10.1. The average molecular weight is 362 g/mol. The van der Waals surface area contributed by atoms with Crippen LogP contribution >= 0.6 is 0 Å². The van der Waals surface area contributed by atoms with Gasteiger partial charge in [0.15, 0.2) is 0 Å². The smallest absolute Gasteiger partial charge is 0.272 e. The molecule has 4 rings (SSSR count). The van der Waals surface area contributed by atoms with E-state index in [0.29, 0.717) is 5.69 Å². The molecule has 3 aromatic rings. The van der Waals surface area contributed by atoms with Crippen molar-refractivity contribution in [2.75, 3.05) is 33.3 Å². The number of carbonyl (C=O) groups is 1. The molecule has 1 saturated heterocycles. The molecule has 2 aromatic carbocycles. The van der Waals surface area contributed by atoms with E-state index in [0.717, 1.165) is 49.4 Å². The Bertz CT molecular complexity index is 932. The number of methoxy groups -OCH3 is 1. The van der Waals surface area contributed by atoms with Gasteiger partial charge in [-0.3, -0.25) is 4.79 Å². The molecule has 5 nitrogen and oxygen atoms in total. The maximum absolute atomic E-state index is 12.8. The number of fused-ring (bicyclic) bond motifs is 1. The van der Waals surface area contributed by atoms with Crippen molar-refractivity contribution >= 4 is 16.8 Å². The molecule has 2 heterocycles. The van der Waals surface area contributed by atoms with Crippen molar-refractivity contribution in [3.63, 3.8) is 0 Å². The van der Waals surface area contributed by atoms with Crippen molar-refractivity contribution in [2.45, 2.75) is 6.54 Å². The van der Waals surface area contributed by atoms with Gasteiger partial charge in [0.1, 0.15) is 18.0 Å². The highest BCUT2D eigenvalue weighted by molar-refractivity contribution is 5.94. The summed E-state index contributed by atoms with van der Waals surface area (Å²) in [5.41, 5.74) is 2.70. The number of para-hydroxylation sites is 1. The van der Waals surface area contributed by atoms with E-state index in [2.05, 4.69) is 17.1 Å². The second-order valence-electron chi connectivity index (χ2n) is 6.96. The summed E-state index contributed by atoms with van der Waals surface area (Å²) in [7, 11) is 1.68. The number of nitrogens with zero attached hydrogens (tertiary/aromatic N) is 2. The van der Waals surface area contributed by atoms with Gasteiger partial charge in [-0.1, -0.05) is 24.3 Å². The van der Waals surface area contributed by atoms with Crippen LogP contribution in [-0.4, -0.2) is 49.1 Å². The van der Waals surface area contributed by atoms with Crippen molar-refractivity contribution in [1.82, 2.24) is 9.88 Å². The Morgan fingerprint density at radius 3 is 2.52 bits per heavy atom. The number of hydrogen-bond acceptors (Lipinski definition) is 3. The van der Waals surface area contributed by atoms with Crippen LogP contribution in [0.4, 0.5) is 0 Å². The first-order valence-corrected chi connectivity index (χ1v) is 9.34. The van der Waals surface area contributed by atoms with Crippen LogP contribution in [-0.2, 0) is 6.54 Å². The molecule has 0 unspecified atom stereocenters.